The smallest absolute Gasteiger partial charge is 0.330 e. The van der Waals surface area contributed by atoms with Gasteiger partial charge in [-0.25, -0.2) is 9.59 Å². The summed E-state index contributed by atoms with van der Waals surface area (Å²) in [6.45, 7) is 4.76. The Labute approximate surface area is 459 Å². The van der Waals surface area contributed by atoms with Crippen molar-refractivity contribution in [2.45, 2.75) is 221 Å². The lowest BCUT2D eigenvalue weighted by molar-refractivity contribution is -0.297. The van der Waals surface area contributed by atoms with Gasteiger partial charge in [0.15, 0.2) is 18.6 Å². The summed E-state index contributed by atoms with van der Waals surface area (Å²) in [6, 6.07) is -2.60. The third-order valence-electron chi connectivity index (χ3n) is 15.1. The highest BCUT2D eigenvalue weighted by atomic mass is 16.7. The molecule has 0 aromatic carbocycles. The van der Waals surface area contributed by atoms with Gasteiger partial charge in [-0.3, -0.25) is 38.4 Å². The van der Waals surface area contributed by atoms with Crippen LogP contribution in [0.1, 0.15) is 117 Å². The van der Waals surface area contributed by atoms with E-state index in [1.165, 1.54) is 52.5 Å². The summed E-state index contributed by atoms with van der Waals surface area (Å²) in [5.41, 5.74) is 3.94. The fourth-order valence-corrected chi connectivity index (χ4v) is 10.8. The monoisotopic (exact) mass is 1130 g/mol. The number of aliphatic carboxylic acids is 1. The number of aliphatic hydroxyl groups excluding tert-OH is 4. The van der Waals surface area contributed by atoms with Crippen molar-refractivity contribution >= 4 is 29.8 Å². The molecule has 4 fully saturated rings. The van der Waals surface area contributed by atoms with E-state index in [2.05, 4.69) is 6.92 Å². The third-order valence-corrected chi connectivity index (χ3v) is 15.1. The number of nitrogens with zero attached hydrogens (tertiary/aromatic N) is 3. The van der Waals surface area contributed by atoms with Crippen LogP contribution in [0.15, 0.2) is 21.9 Å². The molecule has 0 unspecified atom stereocenters. The molecular formula is C52H85N5O22. The summed E-state index contributed by atoms with van der Waals surface area (Å²) in [5, 5.41) is 55.2. The van der Waals surface area contributed by atoms with Crippen molar-refractivity contribution in [3.05, 3.63) is 33.1 Å². The Morgan fingerprint density at radius 1 is 0.759 bits per heavy atom. The molecule has 8 N–H and O–H groups in total. The fourth-order valence-electron chi connectivity index (χ4n) is 10.8. The number of carbonyl (C=O) groups excluding carboxylic acids is 4. The van der Waals surface area contributed by atoms with E-state index >= 15 is 0 Å². The van der Waals surface area contributed by atoms with Crippen molar-refractivity contribution in [1.82, 2.24) is 19.4 Å². The highest BCUT2D eigenvalue weighted by molar-refractivity contribution is 5.88. The van der Waals surface area contributed by atoms with Crippen LogP contribution >= 0.6 is 0 Å². The Kier molecular flexibility index (Phi) is 25.7. The molecule has 1 aromatic rings. The van der Waals surface area contributed by atoms with Crippen molar-refractivity contribution in [1.29, 1.82) is 0 Å². The van der Waals surface area contributed by atoms with Crippen LogP contribution in [0.25, 0.3) is 0 Å². The first-order valence-electron chi connectivity index (χ1n) is 27.3. The van der Waals surface area contributed by atoms with Crippen LogP contribution in [0.4, 0.5) is 0 Å². The van der Waals surface area contributed by atoms with Gasteiger partial charge in [-0.2, -0.15) is 0 Å². The first kappa shape index (κ1) is 65.3. The molecule has 5 heterocycles. The minimum atomic E-state index is -1.97. The van der Waals surface area contributed by atoms with E-state index in [4.69, 9.17) is 53.1 Å². The molecule has 0 bridgehead atoms. The van der Waals surface area contributed by atoms with Gasteiger partial charge in [0.25, 0.3) is 5.56 Å². The number of amides is 1. The van der Waals surface area contributed by atoms with Crippen LogP contribution in [-0.4, -0.2) is 227 Å². The number of hydrogen-bond acceptors (Lipinski definition) is 23. The molecule has 0 spiro atoms. The van der Waals surface area contributed by atoms with Gasteiger partial charge >= 0.3 is 29.6 Å². The number of carbonyl (C=O) groups is 5. The van der Waals surface area contributed by atoms with Gasteiger partial charge in [-0.05, 0) is 32.7 Å². The fraction of sp³-hybridized carbons (Fsp3) is 0.827. The summed E-state index contributed by atoms with van der Waals surface area (Å²) >= 11 is 0. The summed E-state index contributed by atoms with van der Waals surface area (Å²) in [6.07, 6.45) is -11.3. The number of carboxylic acids is 1. The van der Waals surface area contributed by atoms with Crippen LogP contribution in [-0.2, 0) is 71.3 Å². The predicted molar refractivity (Wildman–Crippen MR) is 275 cm³/mol. The number of aromatic amines is 1. The molecule has 5 rings (SSSR count). The minimum absolute atomic E-state index is 0.215. The lowest BCUT2D eigenvalue weighted by Gasteiger charge is -2.43. The number of H-pyrrole nitrogens is 1. The number of ether oxygens (including phenoxy) is 10. The van der Waals surface area contributed by atoms with Gasteiger partial charge < -0.3 is 83.5 Å². The van der Waals surface area contributed by atoms with Gasteiger partial charge in [0.1, 0.15) is 79.3 Å². The molecule has 19 atom stereocenters. The molecule has 79 heavy (non-hydrogen) atoms. The van der Waals surface area contributed by atoms with Crippen LogP contribution < -0.4 is 17.0 Å². The van der Waals surface area contributed by atoms with Crippen molar-refractivity contribution in [2.24, 2.45) is 11.7 Å². The molecule has 0 saturated carbocycles. The number of rotatable bonds is 30. The Hall–Kier alpha value is -4.49. The summed E-state index contributed by atoms with van der Waals surface area (Å²) in [4.78, 5) is 97.5. The second-order valence-electron chi connectivity index (χ2n) is 21.1. The quantitative estimate of drug-likeness (QED) is 0.0289. The largest absolute Gasteiger partial charge is 0.480 e. The third kappa shape index (κ3) is 17.0. The van der Waals surface area contributed by atoms with E-state index < -0.39 is 170 Å². The molecule has 4 aliphatic rings. The first-order valence-corrected chi connectivity index (χ1v) is 27.3. The average Bonchev–Trinajstić information content (AvgIpc) is 3.93. The maximum Gasteiger partial charge on any atom is 0.330 e. The maximum atomic E-state index is 14.7. The Morgan fingerprint density at radius 3 is 1.95 bits per heavy atom. The summed E-state index contributed by atoms with van der Waals surface area (Å²) in [7, 11) is 6.87. The molecule has 27 heteroatoms. The predicted octanol–water partition coefficient (Wildman–Crippen LogP) is -0.554. The average molecular weight is 1130 g/mol. The van der Waals surface area contributed by atoms with Gasteiger partial charge in [0.05, 0.1) is 12.5 Å². The summed E-state index contributed by atoms with van der Waals surface area (Å²) < 4.78 is 58.7. The number of aliphatic hydroxyl groups is 4. The van der Waals surface area contributed by atoms with Crippen molar-refractivity contribution in [3.8, 4) is 0 Å². The van der Waals surface area contributed by atoms with Crippen LogP contribution in [0, 0.1) is 5.92 Å². The molecular weight excluding hydrogens is 1050 g/mol. The van der Waals surface area contributed by atoms with Gasteiger partial charge in [0.2, 0.25) is 12.2 Å². The molecule has 0 aliphatic carbocycles. The molecule has 1 aromatic heterocycles. The number of hydrogen-bond donors (Lipinski definition) is 7. The second kappa shape index (κ2) is 31.1. The number of aromatic nitrogens is 2. The Morgan fingerprint density at radius 2 is 1.37 bits per heavy atom. The van der Waals surface area contributed by atoms with Crippen LogP contribution in [0.3, 0.4) is 0 Å². The summed E-state index contributed by atoms with van der Waals surface area (Å²) in [5.74, 6) is -5.57. The lowest BCUT2D eigenvalue weighted by Crippen LogP contribution is -2.59. The lowest BCUT2D eigenvalue weighted by atomic mass is 9.97. The molecule has 450 valence electrons. The van der Waals surface area contributed by atoms with Gasteiger partial charge in [0, 0.05) is 66.6 Å². The standard InChI is InChI=1S/C52H85N5O22/c1-9-10-11-12-13-14-15-16-17-18-19-29(74-33(59)22-27(2)23-34(60)77-51-46(72-8)45(71-7)42(70-6)28(3)73-51)24-35(61)75-31-26-55(4)37(47(66)56(5)36(31)49(67)68)43(79-50-41(65)38(62)30(25-53)76-50)44-39(63)40(64)48(78-44)57-21-20-32(58)54-52(57)69/h20-21,27-31,36-46,48,50-51,62-65H,9-19,22-26,53H2,1-8H3,(H,67,68)(H,54,58,69)/t27-,28-,29-,30+,31-,36-,37-,38+,39-,40+,41+,42-,43-,44-,45+,46+,48+,50-,51-/m0/s1. The zero-order valence-corrected chi connectivity index (χ0v) is 46.5. The number of nitrogens with one attached hydrogen (secondary N) is 1. The topological polar surface area (TPSA) is 366 Å². The molecule has 4 aliphatic heterocycles. The van der Waals surface area contributed by atoms with Crippen LogP contribution in [0.2, 0.25) is 0 Å². The second-order valence-corrected chi connectivity index (χ2v) is 21.1. The van der Waals surface area contributed by atoms with E-state index in [0.717, 1.165) is 67.3 Å². The van der Waals surface area contributed by atoms with E-state index in [1.807, 2.05) is 4.98 Å². The Bertz CT molecular complexity index is 2240. The number of likely N-dealkylation sites (N-methyl/N-ethyl adjacent to an activating group) is 2. The number of carboxylic acid groups (broad SMARTS) is 1. The van der Waals surface area contributed by atoms with Crippen LogP contribution in [0.5, 0.6) is 0 Å². The zero-order chi connectivity index (χ0) is 58.2. The Balaban J connectivity index is 1.33. The first-order chi connectivity index (χ1) is 37.6. The van der Waals surface area contributed by atoms with E-state index in [0.29, 0.717) is 6.42 Å². The molecule has 4 saturated heterocycles. The molecule has 27 nitrogen and oxygen atoms in total. The van der Waals surface area contributed by atoms with Gasteiger partial charge in [-0.15, -0.1) is 0 Å². The number of methoxy groups -OCH3 is 3. The SMILES string of the molecule is CCCCCCCCCCCC[C@@H](CC(=O)O[C@H]1CN(C)[C@@H]([C@H](O[C@@H]2O[C@H](CN)[C@@H](O)[C@H]2O)[C@H]2O[C@@H](n3ccc(=O)[nH]c3=O)[C@H](O)[C@@H]2O)C(=O)N(C)[C@@H]1C(=O)O)OC(=O)C[C@H](C)CC(=O)O[C@@H]1O[C@@H](C)[C@H](OC)[C@@H](OC)[C@H]1OC. The number of nitrogens with two attached hydrogens (primary N) is 1. The van der Waals surface area contributed by atoms with Crippen molar-refractivity contribution < 1.29 is 96.9 Å². The highest BCUT2D eigenvalue weighted by Gasteiger charge is 2.57. The normalized spacial score (nSPS) is 32.5. The zero-order valence-electron chi connectivity index (χ0n) is 46.5. The van der Waals surface area contributed by atoms with E-state index in [1.54, 1.807) is 13.8 Å². The van der Waals surface area contributed by atoms with E-state index in [-0.39, 0.29) is 25.8 Å². The van der Waals surface area contributed by atoms with Gasteiger partial charge in [-0.1, -0.05) is 71.6 Å². The number of esters is 3. The molecule has 1 amide bonds. The molecule has 0 radical (unpaired) electrons. The maximum absolute atomic E-state index is 14.7. The number of unbranched alkanes of at least 4 members (excludes halogenated alkanes) is 9. The van der Waals surface area contributed by atoms with E-state index in [9.17, 15) is 59.1 Å². The highest BCUT2D eigenvalue weighted by Crippen LogP contribution is 2.37. The van der Waals surface area contributed by atoms with Crippen molar-refractivity contribution in [2.75, 3.05) is 48.5 Å². The minimum Gasteiger partial charge on any atom is -0.480 e. The van der Waals surface area contributed by atoms with Crippen molar-refractivity contribution in [3.63, 3.8) is 0 Å².